The van der Waals surface area contributed by atoms with E-state index in [0.29, 0.717) is 82.7 Å². The number of amides is 3. The summed E-state index contributed by atoms with van der Waals surface area (Å²) >= 11 is 21.8. The Morgan fingerprint density at radius 3 is 1.61 bits per heavy atom. The highest BCUT2D eigenvalue weighted by Gasteiger charge is 2.46. The van der Waals surface area contributed by atoms with Crippen LogP contribution in [0, 0.1) is 5.82 Å². The van der Waals surface area contributed by atoms with Crippen molar-refractivity contribution < 1.29 is 27.2 Å². The van der Waals surface area contributed by atoms with Crippen molar-refractivity contribution in [3.05, 3.63) is 157 Å². The molecule has 14 rings (SSSR count). The van der Waals surface area contributed by atoms with E-state index in [-0.39, 0.29) is 34.9 Å². The summed E-state index contributed by atoms with van der Waals surface area (Å²) in [6, 6.07) is 19.9. The summed E-state index contributed by atoms with van der Waals surface area (Å²) in [5, 5.41) is 1.71. The van der Waals surface area contributed by atoms with Gasteiger partial charge >= 0.3 is 0 Å². The number of halogens is 4. The van der Waals surface area contributed by atoms with Crippen LogP contribution in [0.5, 0.6) is 0 Å². The van der Waals surface area contributed by atoms with E-state index in [1.165, 1.54) is 41.7 Å². The lowest BCUT2D eigenvalue weighted by atomic mass is 9.68. The van der Waals surface area contributed by atoms with Gasteiger partial charge in [-0.15, -0.1) is 23.5 Å². The van der Waals surface area contributed by atoms with E-state index >= 15 is 0 Å². The molecule has 19 nitrogen and oxygen atoms in total. The molecule has 500 valence electrons. The standard InChI is InChI=1S/C24H29ClN4OS.C23H28ClN5OS.C21H25ClFN5O3S/c1-17-21-20(15-31-17)26-16-27-22(21)28-11-13-29(14-12-28)23(30)24(9-3-2-4-10-24)18-5-7-19(25)8-6-18;1-15-11-29(15)12-19(17-3-5-18(24)6-4-17)23(30)28-9-7-27(8-10-28)22-21-16(2)31-13-20(21)25-14-26-22;1-2-18-19-17(11-32(18,30)31)25-12-26-20(19)27-5-7-28(8-6-27)21(29)16(24)10-13-3-4-14(22)15(23)9-13/h5-8,16-17H,2-4,9-15H2,1H3;3-6,14-16,19H,7-13H2,1-2H3;3-4,9,12,16,18H,2,5-8,10-11,24H2,1H3/t;15?,16-,19?,29?;16-,18?/m.01/s1. The van der Waals surface area contributed by atoms with Gasteiger partial charge in [0.1, 0.15) is 42.3 Å². The number of carbonyl (C=O) groups is 3. The van der Waals surface area contributed by atoms with Gasteiger partial charge in [-0.3, -0.25) is 19.3 Å². The molecule has 0 bridgehead atoms. The van der Waals surface area contributed by atoms with Crippen LogP contribution in [0.2, 0.25) is 15.1 Å². The van der Waals surface area contributed by atoms with Crippen molar-refractivity contribution in [3.8, 4) is 0 Å². The number of benzene rings is 3. The van der Waals surface area contributed by atoms with Gasteiger partial charge in [-0.1, -0.05) is 91.3 Å². The van der Waals surface area contributed by atoms with Crippen molar-refractivity contribution >= 4 is 103 Å². The van der Waals surface area contributed by atoms with Crippen LogP contribution in [0.15, 0.2) is 85.7 Å². The molecule has 5 fully saturated rings. The fourth-order valence-corrected chi connectivity index (χ4v) is 18.9. The molecule has 1 aliphatic carbocycles. The summed E-state index contributed by atoms with van der Waals surface area (Å²) in [6.45, 7) is 18.4. The number of piperazine rings is 3. The predicted molar refractivity (Wildman–Crippen MR) is 372 cm³/mol. The third kappa shape index (κ3) is 14.7. The van der Waals surface area contributed by atoms with Crippen LogP contribution in [0.25, 0.3) is 0 Å². The maximum absolute atomic E-state index is 13.9. The number of carbonyl (C=O) groups excluding carboxylic acids is 3. The third-order valence-corrected chi connectivity index (χ3v) is 25.2. The van der Waals surface area contributed by atoms with Gasteiger partial charge in [0, 0.05) is 146 Å². The van der Waals surface area contributed by atoms with E-state index < -0.39 is 32.4 Å². The van der Waals surface area contributed by atoms with Gasteiger partial charge in [-0.05, 0) is 99.5 Å². The molecular formula is C68H82Cl3FN14O5S3. The summed E-state index contributed by atoms with van der Waals surface area (Å²) in [6.07, 6.45) is 10.8. The maximum Gasteiger partial charge on any atom is 0.239 e. The molecule has 7 atom stereocenters. The van der Waals surface area contributed by atoms with Crippen molar-refractivity contribution in [3.63, 3.8) is 0 Å². The Morgan fingerprint density at radius 2 is 1.11 bits per heavy atom. The molecule has 4 saturated heterocycles. The molecule has 1 saturated carbocycles. The van der Waals surface area contributed by atoms with Crippen LogP contribution in [0.3, 0.4) is 0 Å². The van der Waals surface area contributed by atoms with Crippen LogP contribution in [0.1, 0.15) is 138 Å². The second-order valence-corrected chi connectivity index (χ2v) is 31.9. The number of hydrogen-bond donors (Lipinski definition) is 1. The largest absolute Gasteiger partial charge is 0.353 e. The van der Waals surface area contributed by atoms with Crippen LogP contribution in [0.4, 0.5) is 21.8 Å². The van der Waals surface area contributed by atoms with Crippen LogP contribution in [-0.2, 0) is 53.3 Å². The van der Waals surface area contributed by atoms with Crippen molar-refractivity contribution in [2.75, 3.05) is 106 Å². The number of anilines is 3. The molecule has 8 aliphatic rings. The number of thioether (sulfide) groups is 2. The monoisotopic (exact) mass is 1390 g/mol. The zero-order chi connectivity index (χ0) is 66.0. The normalized spacial score (nSPS) is 23.2. The first-order valence-electron chi connectivity index (χ1n) is 32.8. The molecule has 3 amide bonds. The first-order chi connectivity index (χ1) is 45.3. The molecule has 0 spiro atoms. The van der Waals surface area contributed by atoms with Crippen molar-refractivity contribution in [2.24, 2.45) is 5.73 Å². The van der Waals surface area contributed by atoms with Crippen LogP contribution in [-0.4, -0.2) is 179 Å². The highest BCUT2D eigenvalue weighted by atomic mass is 35.5. The fourth-order valence-electron chi connectivity index (χ4n) is 14.5. The second kappa shape index (κ2) is 29.4. The van der Waals surface area contributed by atoms with Crippen molar-refractivity contribution in [1.82, 2.24) is 49.5 Å². The Labute approximate surface area is 574 Å². The summed E-state index contributed by atoms with van der Waals surface area (Å²) in [7, 11) is -3.27. The molecule has 0 radical (unpaired) electrons. The SMILES string of the molecule is CC1CN1CC(C(=O)N1CCN(c2ncnc3c2[C@H](C)SC3)CC1)c1ccc(Cl)cc1.CC1SCc2ncnc(N3CCN(C(=O)C4(c5ccc(Cl)cc5)CCCCC4)CC3)c21.CCC1c2c(ncnc2N2CCN(C(=O)[C@H](N)Cc3ccc(Cl)c(F)c3)CC2)CS1(=O)=O. The molecule has 7 aliphatic heterocycles. The highest BCUT2D eigenvalue weighted by Crippen LogP contribution is 2.47. The molecule has 6 aromatic rings. The summed E-state index contributed by atoms with van der Waals surface area (Å²) < 4.78 is 38.7. The Kier molecular flexibility index (Phi) is 21.3. The summed E-state index contributed by atoms with van der Waals surface area (Å²) in [5.74, 6) is 4.25. The van der Waals surface area contributed by atoms with E-state index in [1.807, 2.05) is 76.6 Å². The minimum Gasteiger partial charge on any atom is -0.353 e. The van der Waals surface area contributed by atoms with E-state index in [2.05, 4.69) is 82.4 Å². The molecule has 3 aromatic carbocycles. The van der Waals surface area contributed by atoms with E-state index in [9.17, 15) is 27.2 Å². The third-order valence-electron chi connectivity index (χ3n) is 19.9. The number of nitrogens with two attached hydrogens (primary N) is 1. The number of hydrogen-bond acceptors (Lipinski definition) is 18. The van der Waals surface area contributed by atoms with Gasteiger partial charge in [0.05, 0.1) is 50.5 Å². The zero-order valence-corrected chi connectivity index (χ0v) is 58.4. The second-order valence-electron chi connectivity index (χ2n) is 25.8. The smallest absolute Gasteiger partial charge is 0.239 e. The number of rotatable bonds is 13. The molecule has 5 unspecified atom stereocenters. The number of sulfone groups is 1. The predicted octanol–water partition coefficient (Wildman–Crippen LogP) is 10.4. The first-order valence-corrected chi connectivity index (χ1v) is 37.8. The van der Waals surface area contributed by atoms with Gasteiger partial charge in [0.2, 0.25) is 17.7 Å². The average Bonchev–Trinajstić information content (AvgIpc) is 1.43. The Bertz CT molecular complexity index is 3840. The summed E-state index contributed by atoms with van der Waals surface area (Å²) in [5.41, 5.74) is 14.7. The lowest BCUT2D eigenvalue weighted by Crippen LogP contribution is -2.55. The molecular weight excluding hydrogens is 1310 g/mol. The Morgan fingerprint density at radius 1 is 0.628 bits per heavy atom. The van der Waals surface area contributed by atoms with E-state index in [1.54, 1.807) is 23.6 Å². The topological polar surface area (TPSA) is 211 Å². The number of nitrogens with zero attached hydrogens (tertiary/aromatic N) is 13. The van der Waals surface area contributed by atoms with Gasteiger partial charge < -0.3 is 35.1 Å². The minimum absolute atomic E-state index is 0.0269. The highest BCUT2D eigenvalue weighted by molar-refractivity contribution is 7.99. The maximum atomic E-state index is 13.9. The van der Waals surface area contributed by atoms with Gasteiger partial charge in [-0.2, -0.15) is 0 Å². The number of aromatic nitrogens is 6. The van der Waals surface area contributed by atoms with Gasteiger partial charge in [0.25, 0.3) is 0 Å². The lowest BCUT2D eigenvalue weighted by Gasteiger charge is -2.43. The van der Waals surface area contributed by atoms with Gasteiger partial charge in [0.15, 0.2) is 9.84 Å². The first kappa shape index (κ1) is 68.0. The molecule has 94 heavy (non-hydrogen) atoms. The molecule has 2 N–H and O–H groups in total. The van der Waals surface area contributed by atoms with E-state index in [4.69, 9.17) is 40.5 Å². The molecule has 3 aromatic heterocycles. The average molecular weight is 1400 g/mol. The quantitative estimate of drug-likeness (QED) is 0.107. The van der Waals surface area contributed by atoms with Crippen molar-refractivity contribution in [1.29, 1.82) is 0 Å². The molecule has 10 heterocycles. The van der Waals surface area contributed by atoms with Crippen LogP contribution >= 0.6 is 58.3 Å². The fraction of sp³-hybridized carbons (Fsp3) is 0.515. The van der Waals surface area contributed by atoms with Crippen LogP contribution < -0.4 is 20.4 Å². The lowest BCUT2D eigenvalue weighted by molar-refractivity contribution is -0.139. The zero-order valence-electron chi connectivity index (χ0n) is 53.7. The Hall–Kier alpha value is -5.92. The molecule has 26 heteroatoms. The summed E-state index contributed by atoms with van der Waals surface area (Å²) in [4.78, 5) is 81.9. The number of fused-ring (bicyclic) bond motifs is 3. The Balaban J connectivity index is 0.000000135. The van der Waals surface area contributed by atoms with Gasteiger partial charge in [-0.25, -0.2) is 42.7 Å². The minimum atomic E-state index is -3.27. The van der Waals surface area contributed by atoms with Crippen molar-refractivity contribution in [2.45, 2.75) is 129 Å². The van der Waals surface area contributed by atoms with E-state index in [0.717, 1.165) is 136 Å².